The summed E-state index contributed by atoms with van der Waals surface area (Å²) in [6.45, 7) is 6.13. The molecule has 1 N–H and O–H groups in total. The molecule has 0 bridgehead atoms. The van der Waals surface area contributed by atoms with Crippen LogP contribution in [0.4, 0.5) is 0 Å². The van der Waals surface area contributed by atoms with E-state index in [4.69, 9.17) is 18.9 Å². The molecule has 0 aliphatic rings. The molecule has 0 heterocycles. The van der Waals surface area contributed by atoms with Crippen LogP contribution in [0.5, 0.6) is 17.2 Å². The molecule has 2 aromatic carbocycles. The largest absolute Gasteiger partial charge is 0.497 e. The van der Waals surface area contributed by atoms with Gasteiger partial charge in [-0.05, 0) is 50.1 Å². The summed E-state index contributed by atoms with van der Waals surface area (Å²) >= 11 is 0. The van der Waals surface area contributed by atoms with Gasteiger partial charge in [0.05, 0.1) is 19.6 Å². The number of ether oxygens (including phenoxy) is 4. The number of hydrogen-bond donors (Lipinski definition) is 1. The Morgan fingerprint density at radius 3 is 2.24 bits per heavy atom. The third-order valence-electron chi connectivity index (χ3n) is 4.95. The van der Waals surface area contributed by atoms with Crippen LogP contribution in [-0.2, 0) is 9.53 Å². The van der Waals surface area contributed by atoms with Crippen molar-refractivity contribution >= 4 is 5.97 Å². The summed E-state index contributed by atoms with van der Waals surface area (Å²) in [7, 11) is 3.13. The van der Waals surface area contributed by atoms with Crippen LogP contribution in [0.2, 0.25) is 0 Å². The van der Waals surface area contributed by atoms with E-state index < -0.39 is 11.5 Å². The Bertz CT molecular complexity index is 798. The van der Waals surface area contributed by atoms with Crippen molar-refractivity contribution in [3.8, 4) is 17.2 Å². The Hall–Kier alpha value is -2.73. The van der Waals surface area contributed by atoms with Crippen LogP contribution >= 0.6 is 0 Å². The van der Waals surface area contributed by atoms with E-state index in [0.717, 1.165) is 6.42 Å². The number of aliphatic hydroxyl groups is 1. The smallest absolute Gasteiger partial charge is 0.311 e. The maximum Gasteiger partial charge on any atom is 0.311 e. The van der Waals surface area contributed by atoms with Gasteiger partial charge < -0.3 is 24.1 Å². The monoisotopic (exact) mass is 402 g/mol. The van der Waals surface area contributed by atoms with E-state index >= 15 is 0 Å². The van der Waals surface area contributed by atoms with E-state index in [0.29, 0.717) is 28.4 Å². The number of carbonyl (C=O) groups excluding carboxylic acids is 1. The topological polar surface area (TPSA) is 74.2 Å². The molecule has 0 aliphatic heterocycles. The van der Waals surface area contributed by atoms with Gasteiger partial charge in [0, 0.05) is 11.6 Å². The van der Waals surface area contributed by atoms with Gasteiger partial charge in [-0.2, -0.15) is 0 Å². The van der Waals surface area contributed by atoms with Crippen LogP contribution in [0.1, 0.15) is 44.4 Å². The van der Waals surface area contributed by atoms with Gasteiger partial charge in [-0.25, -0.2) is 0 Å². The molecule has 0 radical (unpaired) electrons. The Morgan fingerprint density at radius 2 is 1.66 bits per heavy atom. The van der Waals surface area contributed by atoms with E-state index in [2.05, 4.69) is 0 Å². The highest BCUT2D eigenvalue weighted by atomic mass is 16.6. The fourth-order valence-corrected chi connectivity index (χ4v) is 2.60. The van der Waals surface area contributed by atoms with E-state index in [1.54, 1.807) is 56.7 Å². The fraction of sp³-hybridized carbons (Fsp3) is 0.435. The molecule has 0 spiro atoms. The number of benzene rings is 2. The number of aliphatic hydroxyl groups excluding tert-OH is 1. The summed E-state index contributed by atoms with van der Waals surface area (Å²) in [5, 5.41) is 10.7. The summed E-state index contributed by atoms with van der Waals surface area (Å²) in [5.41, 5.74) is 0.865. The molecule has 0 aromatic heterocycles. The molecule has 0 saturated heterocycles. The number of hydrogen-bond acceptors (Lipinski definition) is 6. The molecular formula is C23H30O6. The highest BCUT2D eigenvalue weighted by Crippen LogP contribution is 2.33. The summed E-state index contributed by atoms with van der Waals surface area (Å²) in [4.78, 5) is 11.9. The van der Waals surface area contributed by atoms with Gasteiger partial charge in [0.25, 0.3) is 0 Å². The predicted octanol–water partition coefficient (Wildman–Crippen LogP) is 4.14. The lowest BCUT2D eigenvalue weighted by Gasteiger charge is -2.20. The summed E-state index contributed by atoms with van der Waals surface area (Å²) in [6.07, 6.45) is -0.128. The van der Waals surface area contributed by atoms with E-state index in [9.17, 15) is 9.90 Å². The van der Waals surface area contributed by atoms with Gasteiger partial charge in [-0.3, -0.25) is 4.79 Å². The van der Waals surface area contributed by atoms with Crippen molar-refractivity contribution in [1.29, 1.82) is 0 Å². The Labute approximate surface area is 172 Å². The zero-order valence-corrected chi connectivity index (χ0v) is 17.7. The predicted molar refractivity (Wildman–Crippen MR) is 111 cm³/mol. The second-order valence-electron chi connectivity index (χ2n) is 7.30. The number of methoxy groups -OCH3 is 2. The van der Waals surface area contributed by atoms with Gasteiger partial charge in [0.15, 0.2) is 0 Å². The normalized spacial score (nSPS) is 12.2. The molecule has 29 heavy (non-hydrogen) atoms. The van der Waals surface area contributed by atoms with Crippen molar-refractivity contribution < 1.29 is 28.8 Å². The maximum atomic E-state index is 11.9. The third-order valence-corrected chi connectivity index (χ3v) is 4.95. The van der Waals surface area contributed by atoms with Gasteiger partial charge in [0.1, 0.15) is 36.6 Å². The standard InChI is InChI=1S/C23H30O6/c1-6-23(2,3)22(25)29-14-13-28-17-9-7-16(8-10-17)21(24)19-12-11-18(26-4)15-20(19)27-5/h7-12,15,21,24H,6,13-14H2,1-5H3. The quantitative estimate of drug-likeness (QED) is 0.475. The van der Waals surface area contributed by atoms with Gasteiger partial charge >= 0.3 is 5.97 Å². The first-order chi connectivity index (χ1) is 13.8. The molecule has 1 unspecified atom stereocenters. The van der Waals surface area contributed by atoms with E-state index in [1.807, 2.05) is 20.8 Å². The van der Waals surface area contributed by atoms with Crippen molar-refractivity contribution in [3.63, 3.8) is 0 Å². The van der Waals surface area contributed by atoms with E-state index in [1.165, 1.54) is 0 Å². The Balaban J connectivity index is 1.94. The van der Waals surface area contributed by atoms with Crippen LogP contribution in [0.3, 0.4) is 0 Å². The molecule has 2 aromatic rings. The molecule has 0 saturated carbocycles. The van der Waals surface area contributed by atoms with E-state index in [-0.39, 0.29) is 19.2 Å². The minimum atomic E-state index is -0.845. The lowest BCUT2D eigenvalue weighted by atomic mass is 9.91. The van der Waals surface area contributed by atoms with Crippen molar-refractivity contribution in [2.45, 2.75) is 33.3 Å². The average molecular weight is 402 g/mol. The van der Waals surface area contributed by atoms with Gasteiger partial charge in [0.2, 0.25) is 0 Å². The Kier molecular flexibility index (Phi) is 7.91. The molecule has 6 heteroatoms. The highest BCUT2D eigenvalue weighted by molar-refractivity contribution is 5.75. The van der Waals surface area contributed by atoms with Crippen molar-refractivity contribution in [1.82, 2.24) is 0 Å². The zero-order valence-electron chi connectivity index (χ0n) is 17.7. The first kappa shape index (κ1) is 22.6. The fourth-order valence-electron chi connectivity index (χ4n) is 2.60. The van der Waals surface area contributed by atoms with Crippen LogP contribution in [0.25, 0.3) is 0 Å². The molecule has 1 atom stereocenters. The van der Waals surface area contributed by atoms with Crippen LogP contribution in [0.15, 0.2) is 42.5 Å². The lowest BCUT2D eigenvalue weighted by molar-refractivity contribution is -0.154. The molecule has 0 aliphatic carbocycles. The SMILES string of the molecule is CCC(C)(C)C(=O)OCCOc1ccc(C(O)c2ccc(OC)cc2OC)cc1. The number of esters is 1. The summed E-state index contributed by atoms with van der Waals surface area (Å²) in [5.74, 6) is 1.61. The van der Waals surface area contributed by atoms with Crippen LogP contribution in [-0.4, -0.2) is 38.5 Å². The molecule has 2 rings (SSSR count). The Morgan fingerprint density at radius 1 is 1.00 bits per heavy atom. The second kappa shape index (κ2) is 10.2. The van der Waals surface area contributed by atoms with Crippen LogP contribution < -0.4 is 14.2 Å². The summed E-state index contributed by atoms with van der Waals surface area (Å²) < 4.78 is 21.4. The lowest BCUT2D eigenvalue weighted by Crippen LogP contribution is -2.27. The first-order valence-corrected chi connectivity index (χ1v) is 9.62. The van der Waals surface area contributed by atoms with Crippen LogP contribution in [0, 0.1) is 5.41 Å². The van der Waals surface area contributed by atoms with Gasteiger partial charge in [-0.1, -0.05) is 19.1 Å². The van der Waals surface area contributed by atoms with Crippen molar-refractivity contribution in [2.24, 2.45) is 5.41 Å². The second-order valence-corrected chi connectivity index (χ2v) is 7.30. The van der Waals surface area contributed by atoms with Crippen molar-refractivity contribution in [3.05, 3.63) is 53.6 Å². The molecular weight excluding hydrogens is 372 g/mol. The van der Waals surface area contributed by atoms with Gasteiger partial charge in [-0.15, -0.1) is 0 Å². The molecule has 6 nitrogen and oxygen atoms in total. The minimum Gasteiger partial charge on any atom is -0.497 e. The first-order valence-electron chi connectivity index (χ1n) is 9.62. The average Bonchev–Trinajstić information content (AvgIpc) is 2.75. The maximum absolute atomic E-state index is 11.9. The minimum absolute atomic E-state index is 0.190. The molecule has 0 fully saturated rings. The number of carbonyl (C=O) groups is 1. The molecule has 158 valence electrons. The molecule has 0 amide bonds. The number of rotatable bonds is 10. The zero-order chi connectivity index (χ0) is 21.4. The van der Waals surface area contributed by atoms with Crippen molar-refractivity contribution in [2.75, 3.05) is 27.4 Å². The highest BCUT2D eigenvalue weighted by Gasteiger charge is 2.26. The summed E-state index contributed by atoms with van der Waals surface area (Å²) in [6, 6.07) is 12.4. The third kappa shape index (κ3) is 5.87.